The molecule has 2 aromatic rings. The van der Waals surface area contributed by atoms with Gasteiger partial charge in [0, 0.05) is 23.2 Å². The molecular formula is C18H24N2O. The van der Waals surface area contributed by atoms with Crippen LogP contribution < -0.4 is 0 Å². The van der Waals surface area contributed by atoms with Gasteiger partial charge in [-0.2, -0.15) is 0 Å². The van der Waals surface area contributed by atoms with Crippen LogP contribution in [0.2, 0.25) is 0 Å². The summed E-state index contributed by atoms with van der Waals surface area (Å²) in [6, 6.07) is 6.33. The number of Topliss-reactive ketones (excluding diaryl/α,β-unsaturated/α-hetero) is 1. The largest absolute Gasteiger partial charge is 0.339 e. The molecule has 3 nitrogen and oxygen atoms in total. The van der Waals surface area contributed by atoms with Crippen LogP contribution in [0, 0.1) is 19.3 Å². The molecule has 1 N–H and O–H groups in total. The van der Waals surface area contributed by atoms with Crippen molar-refractivity contribution >= 4 is 5.78 Å². The van der Waals surface area contributed by atoms with Gasteiger partial charge in [-0.05, 0) is 30.5 Å². The zero-order valence-electron chi connectivity index (χ0n) is 13.7. The first-order valence-electron chi connectivity index (χ1n) is 7.37. The SMILES string of the molecule is Cc1cccc(C(C)c2cnc(C(=O)C(C)(C)C)[nH]2)c1C. The lowest BCUT2D eigenvalue weighted by Crippen LogP contribution is -2.21. The Bertz CT molecular complexity index is 662. The lowest BCUT2D eigenvalue weighted by atomic mass is 9.90. The number of hydrogen-bond donors (Lipinski definition) is 1. The van der Waals surface area contributed by atoms with Gasteiger partial charge in [-0.1, -0.05) is 45.9 Å². The Kier molecular flexibility index (Phi) is 4.04. The Morgan fingerprint density at radius 2 is 1.90 bits per heavy atom. The molecule has 0 amide bonds. The standard InChI is InChI=1S/C18H24N2O/c1-11-8-7-9-14(12(11)2)13(3)15-10-19-17(20-15)16(21)18(4,5)6/h7-10,13H,1-6H3,(H,19,20). The van der Waals surface area contributed by atoms with Crippen LogP contribution in [0.15, 0.2) is 24.4 Å². The third kappa shape index (κ3) is 3.07. The van der Waals surface area contributed by atoms with E-state index in [2.05, 4.69) is 48.9 Å². The summed E-state index contributed by atoms with van der Waals surface area (Å²) in [6.07, 6.45) is 1.78. The van der Waals surface area contributed by atoms with E-state index in [-0.39, 0.29) is 11.7 Å². The lowest BCUT2D eigenvalue weighted by Gasteiger charge is -2.16. The molecule has 1 aromatic carbocycles. The Hall–Kier alpha value is -1.90. The van der Waals surface area contributed by atoms with Gasteiger partial charge in [-0.15, -0.1) is 0 Å². The van der Waals surface area contributed by atoms with Crippen molar-refractivity contribution in [1.29, 1.82) is 0 Å². The number of imidazole rings is 1. The molecule has 1 heterocycles. The molecular weight excluding hydrogens is 260 g/mol. The summed E-state index contributed by atoms with van der Waals surface area (Å²) >= 11 is 0. The van der Waals surface area contributed by atoms with E-state index < -0.39 is 5.41 Å². The van der Waals surface area contributed by atoms with Crippen LogP contribution in [0.5, 0.6) is 0 Å². The maximum atomic E-state index is 12.3. The second kappa shape index (κ2) is 5.47. The number of benzene rings is 1. The van der Waals surface area contributed by atoms with Crippen LogP contribution in [-0.2, 0) is 0 Å². The number of rotatable bonds is 3. The Morgan fingerprint density at radius 1 is 1.24 bits per heavy atom. The van der Waals surface area contributed by atoms with Crippen molar-refractivity contribution < 1.29 is 4.79 Å². The molecule has 3 heteroatoms. The summed E-state index contributed by atoms with van der Waals surface area (Å²) < 4.78 is 0. The van der Waals surface area contributed by atoms with Gasteiger partial charge in [-0.25, -0.2) is 4.98 Å². The number of aryl methyl sites for hydroxylation is 1. The zero-order chi connectivity index (χ0) is 15.8. The number of ketones is 1. The molecule has 0 bridgehead atoms. The summed E-state index contributed by atoms with van der Waals surface area (Å²) in [5, 5.41) is 0. The van der Waals surface area contributed by atoms with Gasteiger partial charge in [0.2, 0.25) is 5.78 Å². The molecule has 0 saturated carbocycles. The minimum atomic E-state index is -0.419. The van der Waals surface area contributed by atoms with Crippen molar-refractivity contribution in [1.82, 2.24) is 9.97 Å². The molecule has 0 aliphatic carbocycles. The predicted molar refractivity (Wildman–Crippen MR) is 85.8 cm³/mol. The average molecular weight is 284 g/mol. The summed E-state index contributed by atoms with van der Waals surface area (Å²) in [4.78, 5) is 19.7. The fraction of sp³-hybridized carbons (Fsp3) is 0.444. The van der Waals surface area contributed by atoms with Crippen LogP contribution in [0.1, 0.15) is 66.6 Å². The van der Waals surface area contributed by atoms with Gasteiger partial charge >= 0.3 is 0 Å². The van der Waals surface area contributed by atoms with E-state index in [9.17, 15) is 4.79 Å². The number of aromatic nitrogens is 2. The van der Waals surface area contributed by atoms with Gasteiger partial charge in [0.1, 0.15) is 0 Å². The van der Waals surface area contributed by atoms with Crippen LogP contribution in [0.25, 0.3) is 0 Å². The van der Waals surface area contributed by atoms with E-state index >= 15 is 0 Å². The molecule has 1 unspecified atom stereocenters. The van der Waals surface area contributed by atoms with Crippen LogP contribution in [0.4, 0.5) is 0 Å². The van der Waals surface area contributed by atoms with E-state index in [0.717, 1.165) is 5.69 Å². The van der Waals surface area contributed by atoms with Gasteiger partial charge in [0.15, 0.2) is 5.82 Å². The van der Waals surface area contributed by atoms with E-state index in [1.54, 1.807) is 6.20 Å². The highest BCUT2D eigenvalue weighted by Crippen LogP contribution is 2.28. The normalized spacial score (nSPS) is 13.2. The number of hydrogen-bond acceptors (Lipinski definition) is 2. The quantitative estimate of drug-likeness (QED) is 0.849. The minimum Gasteiger partial charge on any atom is -0.339 e. The topological polar surface area (TPSA) is 45.8 Å². The molecule has 112 valence electrons. The highest BCUT2D eigenvalue weighted by atomic mass is 16.1. The number of nitrogens with one attached hydrogen (secondary N) is 1. The first kappa shape index (κ1) is 15.5. The number of H-pyrrole nitrogens is 1. The van der Waals surface area contributed by atoms with Crippen molar-refractivity contribution in [3.63, 3.8) is 0 Å². The maximum absolute atomic E-state index is 12.3. The van der Waals surface area contributed by atoms with E-state index in [4.69, 9.17) is 0 Å². The Balaban J connectivity index is 2.33. The predicted octanol–water partition coefficient (Wildman–Crippen LogP) is 4.41. The molecule has 0 aliphatic rings. The summed E-state index contributed by atoms with van der Waals surface area (Å²) in [6.45, 7) is 12.1. The van der Waals surface area contributed by atoms with Crippen LogP contribution in [-0.4, -0.2) is 15.8 Å². The van der Waals surface area contributed by atoms with Gasteiger partial charge in [0.05, 0.1) is 0 Å². The molecule has 0 fully saturated rings. The third-order valence-electron chi connectivity index (χ3n) is 4.07. The molecule has 1 aromatic heterocycles. The highest BCUT2D eigenvalue weighted by Gasteiger charge is 2.26. The molecule has 21 heavy (non-hydrogen) atoms. The average Bonchev–Trinajstić information content (AvgIpc) is 2.88. The van der Waals surface area contributed by atoms with Gasteiger partial charge in [0.25, 0.3) is 0 Å². The highest BCUT2D eigenvalue weighted by molar-refractivity contribution is 5.96. The Labute approximate surface area is 126 Å². The minimum absolute atomic E-state index is 0.0434. The van der Waals surface area contributed by atoms with Crippen molar-refractivity contribution in [3.05, 3.63) is 52.6 Å². The monoisotopic (exact) mass is 284 g/mol. The molecule has 1 atom stereocenters. The first-order valence-corrected chi connectivity index (χ1v) is 7.37. The van der Waals surface area contributed by atoms with E-state index in [1.165, 1.54) is 16.7 Å². The van der Waals surface area contributed by atoms with Crippen molar-refractivity contribution in [3.8, 4) is 0 Å². The smallest absolute Gasteiger partial charge is 0.203 e. The fourth-order valence-electron chi connectivity index (χ4n) is 2.44. The second-order valence-corrected chi connectivity index (χ2v) is 6.78. The van der Waals surface area contributed by atoms with Crippen LogP contribution in [0.3, 0.4) is 0 Å². The molecule has 0 aliphatic heterocycles. The summed E-state index contributed by atoms with van der Waals surface area (Å²) in [5.74, 6) is 0.690. The third-order valence-corrected chi connectivity index (χ3v) is 4.07. The van der Waals surface area contributed by atoms with E-state index in [1.807, 2.05) is 20.8 Å². The van der Waals surface area contributed by atoms with Crippen LogP contribution >= 0.6 is 0 Å². The molecule has 2 rings (SSSR count). The Morgan fingerprint density at radius 3 is 2.52 bits per heavy atom. The lowest BCUT2D eigenvalue weighted by molar-refractivity contribution is 0.0848. The molecule has 0 saturated heterocycles. The van der Waals surface area contributed by atoms with Crippen molar-refractivity contribution in [2.24, 2.45) is 5.41 Å². The van der Waals surface area contributed by atoms with E-state index in [0.29, 0.717) is 5.82 Å². The van der Waals surface area contributed by atoms with Gasteiger partial charge < -0.3 is 4.98 Å². The molecule has 0 radical (unpaired) electrons. The fourth-order valence-corrected chi connectivity index (χ4v) is 2.44. The maximum Gasteiger partial charge on any atom is 0.203 e. The number of carbonyl (C=O) groups excluding carboxylic acids is 1. The van der Waals surface area contributed by atoms with Crippen molar-refractivity contribution in [2.75, 3.05) is 0 Å². The second-order valence-electron chi connectivity index (χ2n) is 6.78. The molecule has 0 spiro atoms. The summed E-state index contributed by atoms with van der Waals surface area (Å²) in [7, 11) is 0. The first-order chi connectivity index (χ1) is 9.71. The zero-order valence-corrected chi connectivity index (χ0v) is 13.7. The van der Waals surface area contributed by atoms with Crippen molar-refractivity contribution in [2.45, 2.75) is 47.5 Å². The number of carbonyl (C=O) groups is 1. The van der Waals surface area contributed by atoms with Gasteiger partial charge in [-0.3, -0.25) is 4.79 Å². The number of aromatic amines is 1. The number of nitrogens with zero attached hydrogens (tertiary/aromatic N) is 1. The summed E-state index contributed by atoms with van der Waals surface area (Å²) in [5.41, 5.74) is 4.41.